The first-order valence-electron chi connectivity index (χ1n) is 36.3. The second kappa shape index (κ2) is 57.9. The molecule has 13 amide bonds. The van der Waals surface area contributed by atoms with Crippen LogP contribution in [-0.4, -0.2) is 268 Å². The molecule has 46 N–H and O–H groups in total. The van der Waals surface area contributed by atoms with Crippen LogP contribution in [0.3, 0.4) is 0 Å². The zero-order chi connectivity index (χ0) is 86.4. The van der Waals surface area contributed by atoms with Crippen LogP contribution in [0, 0.1) is 43.3 Å². The Morgan fingerprint density at radius 2 is 0.491 bits per heavy atom. The van der Waals surface area contributed by atoms with Crippen LogP contribution >= 0.6 is 24.4 Å². The molecule has 0 saturated heterocycles. The summed E-state index contributed by atoms with van der Waals surface area (Å²) in [4.78, 5) is 180. The van der Waals surface area contributed by atoms with Gasteiger partial charge in [-0.1, -0.05) is 0 Å². The number of thioether (sulfide) groups is 1. The van der Waals surface area contributed by atoms with Gasteiger partial charge >= 0.3 is 0 Å². The van der Waals surface area contributed by atoms with Gasteiger partial charge in [-0.3, -0.25) is 106 Å². The third kappa shape index (κ3) is 48.6. The topological polar surface area (TPSA) is 887 Å². The maximum Gasteiger partial charge on any atom is 0.244 e. The molecule has 114 heavy (non-hydrogen) atoms. The number of primary amides is 1. The van der Waals surface area contributed by atoms with Crippen molar-refractivity contribution in [2.24, 2.45) is 51.6 Å². The van der Waals surface area contributed by atoms with Crippen molar-refractivity contribution in [3.05, 3.63) is 0 Å². The Bertz CT molecular complexity index is 3270. The summed E-state index contributed by atoms with van der Waals surface area (Å²) in [6.07, 6.45) is 0.0972. The highest BCUT2D eigenvalue weighted by Crippen LogP contribution is 2.12. The van der Waals surface area contributed by atoms with Gasteiger partial charge in [-0.05, 0) is 116 Å². The Kier molecular flexibility index (Phi) is 51.8. The normalized spacial score (nSPS) is 13.5. The monoisotopic (exact) mass is 1660 g/mol. The molecule has 0 aromatic rings. The van der Waals surface area contributed by atoms with E-state index in [2.05, 4.69) is 119 Å². The SMILES string of the molecule is CSC[C@H](NC(C)=O)C(=O)N[C@@H](C)C(=O)NCC(=O)N[C@H](CCCNC(=N)N)C(=O)N[C@H](CCCNC(=N)N)C(=O)N[C@H](CCCNC(=N)N)C(=O)N[C@H](CCCNC(=N)N)C(=O)N[C@H](CCCNC(=N)N)C(=O)N[C@H](CCCNC(=N)N)C(=O)N[C@H](CCCNC(=N)N)C(=O)N[C@H](CCCNC(=N)N)C(=O)N[C@H](CS)C(N)=O. The molecule has 0 aromatic carbocycles. The minimum Gasteiger partial charge on any atom is -0.370 e. The van der Waals surface area contributed by atoms with Crippen molar-refractivity contribution in [2.75, 3.05) is 76.7 Å². The van der Waals surface area contributed by atoms with Crippen LogP contribution in [0.4, 0.5) is 0 Å². The molecular formula is C62H121N37O13S2. The highest BCUT2D eigenvalue weighted by Gasteiger charge is 2.36. The van der Waals surface area contributed by atoms with Gasteiger partial charge < -0.3 is 158 Å². The maximum atomic E-state index is 15.0. The van der Waals surface area contributed by atoms with Crippen LogP contribution in [0.5, 0.6) is 0 Å². The van der Waals surface area contributed by atoms with Crippen molar-refractivity contribution in [1.82, 2.24) is 106 Å². The Morgan fingerprint density at radius 1 is 0.289 bits per heavy atom. The molecule has 0 saturated carbocycles. The number of carbonyl (C=O) groups excluding carboxylic acids is 13. The summed E-state index contributed by atoms with van der Waals surface area (Å²) >= 11 is 5.34. The first-order valence-corrected chi connectivity index (χ1v) is 38.3. The van der Waals surface area contributed by atoms with Crippen molar-refractivity contribution < 1.29 is 62.3 Å². The number of hydrogen-bond donors (Lipinski definition) is 38. The molecule has 0 aliphatic rings. The summed E-state index contributed by atoms with van der Waals surface area (Å²) in [6, 6.07) is -16.0. The average molecular weight is 1660 g/mol. The van der Waals surface area contributed by atoms with E-state index in [4.69, 9.17) is 94.9 Å². The van der Waals surface area contributed by atoms with Gasteiger partial charge in [0.2, 0.25) is 76.8 Å². The quantitative estimate of drug-likeness (QED) is 0.0116. The Hall–Kier alpha value is -12.0. The lowest BCUT2D eigenvalue weighted by atomic mass is 10.0. The van der Waals surface area contributed by atoms with Crippen molar-refractivity contribution in [3.8, 4) is 0 Å². The molecular weight excluding hydrogens is 1540 g/mol. The largest absolute Gasteiger partial charge is 0.370 e. The van der Waals surface area contributed by atoms with E-state index >= 15 is 0 Å². The second-order valence-corrected chi connectivity index (χ2v) is 27.0. The lowest BCUT2D eigenvalue weighted by Crippen LogP contribution is -2.60. The number of hydrogen-bond acceptors (Lipinski definition) is 23. The summed E-state index contributed by atoms with van der Waals surface area (Å²) in [5.74, 6) is -15.4. The molecule has 0 heterocycles. The predicted octanol–water partition coefficient (Wildman–Crippen LogP) is -12.6. The summed E-state index contributed by atoms with van der Waals surface area (Å²) in [5, 5.41) is 112. The van der Waals surface area contributed by atoms with E-state index in [-0.39, 0.29) is 173 Å². The van der Waals surface area contributed by atoms with Crippen LogP contribution in [0.15, 0.2) is 0 Å². The predicted molar refractivity (Wildman–Crippen MR) is 430 cm³/mol. The molecule has 0 rings (SSSR count). The number of rotatable bonds is 59. The molecule has 0 aromatic heterocycles. The highest BCUT2D eigenvalue weighted by molar-refractivity contribution is 7.98. The standard InChI is InChI=1S/C62H121N37O13S2/c1-31(89-54(112)42(30-114-3)90-32(2)100)45(103)88-28-43(101)91-33(12-4-20-80-55(64)65)46(104)92-34(13-5-21-81-56(66)67)47(105)93-35(14-6-22-82-57(68)69)48(106)94-36(15-7-23-83-58(70)71)49(107)95-37(16-8-24-84-59(72)73)50(108)96-38(17-9-25-85-60(74)75)51(109)97-39(18-10-26-86-61(76)77)52(110)98-40(19-11-27-87-62(78)79)53(111)99-41(29-113)44(63)102/h31,33-42,113H,4-30H2,1-3H3,(H2,63,102)(H,88,103)(H,89,112)(H,90,100)(H,91,101)(H,92,104)(H,93,105)(H,94,106)(H,95,107)(H,96,108)(H,97,109)(H,98,110)(H,99,111)(H4,64,65,80)(H4,66,67,81)(H4,68,69,82)(H4,70,71,83)(H4,72,73,84)(H4,74,75,85)(H4,76,77,86)(H4,78,79,87)/t31-,33+,34+,35+,36+,37+,38+,39+,40+,41+,42-/m0/s1. The summed E-state index contributed by atoms with van der Waals surface area (Å²) in [6.45, 7) is 1.64. The van der Waals surface area contributed by atoms with E-state index in [1.165, 1.54) is 25.6 Å². The zero-order valence-electron chi connectivity index (χ0n) is 64.3. The fourth-order valence-corrected chi connectivity index (χ4v) is 11.1. The number of nitrogens with one attached hydrogen (secondary N) is 28. The van der Waals surface area contributed by atoms with Crippen LogP contribution in [0.2, 0.25) is 0 Å². The molecule has 52 heteroatoms. The number of thiol groups is 1. The number of amides is 13. The van der Waals surface area contributed by atoms with Crippen LogP contribution in [0.25, 0.3) is 0 Å². The van der Waals surface area contributed by atoms with Gasteiger partial charge in [0.1, 0.15) is 66.5 Å². The smallest absolute Gasteiger partial charge is 0.244 e. The molecule has 0 aliphatic carbocycles. The minimum absolute atomic E-state index is 0.00200. The summed E-state index contributed by atoms with van der Waals surface area (Å²) in [7, 11) is 0. The first-order chi connectivity index (χ1) is 53.7. The molecule has 0 bridgehead atoms. The highest BCUT2D eigenvalue weighted by atomic mass is 32.2. The van der Waals surface area contributed by atoms with E-state index in [0.29, 0.717) is 0 Å². The number of nitrogens with two attached hydrogens (primary N) is 9. The second-order valence-electron chi connectivity index (χ2n) is 25.7. The number of guanidine groups is 8. The van der Waals surface area contributed by atoms with Gasteiger partial charge in [-0.15, -0.1) is 0 Å². The van der Waals surface area contributed by atoms with Crippen LogP contribution in [0.1, 0.15) is 117 Å². The average Bonchev–Trinajstić information content (AvgIpc) is 0.858. The van der Waals surface area contributed by atoms with Gasteiger partial charge in [-0.25, -0.2) is 0 Å². The van der Waals surface area contributed by atoms with Crippen molar-refractivity contribution in [3.63, 3.8) is 0 Å². The van der Waals surface area contributed by atoms with Crippen LogP contribution in [-0.2, 0) is 62.3 Å². The van der Waals surface area contributed by atoms with E-state index in [0.717, 1.165) is 0 Å². The lowest BCUT2D eigenvalue weighted by Gasteiger charge is -2.28. The van der Waals surface area contributed by atoms with Gasteiger partial charge in [0.05, 0.1) is 6.54 Å². The van der Waals surface area contributed by atoms with Gasteiger partial charge in [-0.2, -0.15) is 24.4 Å². The molecule has 0 radical (unpaired) electrons. The third-order valence-electron chi connectivity index (χ3n) is 16.0. The van der Waals surface area contributed by atoms with Crippen molar-refractivity contribution in [1.29, 1.82) is 43.3 Å². The molecule has 50 nitrogen and oxygen atoms in total. The van der Waals surface area contributed by atoms with Gasteiger partial charge in [0.15, 0.2) is 47.7 Å². The molecule has 0 unspecified atom stereocenters. The van der Waals surface area contributed by atoms with E-state index in [9.17, 15) is 62.3 Å². The van der Waals surface area contributed by atoms with Crippen LogP contribution < -0.4 is 158 Å². The van der Waals surface area contributed by atoms with E-state index in [1.807, 2.05) is 0 Å². The number of carbonyl (C=O) groups is 13. The molecule has 0 spiro atoms. The van der Waals surface area contributed by atoms with E-state index in [1.54, 1.807) is 6.26 Å². The Morgan fingerprint density at radius 3 is 0.675 bits per heavy atom. The Balaban J connectivity index is 7.85. The zero-order valence-corrected chi connectivity index (χ0v) is 66.0. The fourth-order valence-electron chi connectivity index (χ4n) is 10.3. The van der Waals surface area contributed by atoms with Crippen molar-refractivity contribution >= 4 is 149 Å². The summed E-state index contributed by atoms with van der Waals surface area (Å²) < 4.78 is 0. The third-order valence-corrected chi connectivity index (χ3v) is 17.0. The van der Waals surface area contributed by atoms with Crippen molar-refractivity contribution in [2.45, 2.75) is 183 Å². The Labute approximate surface area is 669 Å². The summed E-state index contributed by atoms with van der Waals surface area (Å²) in [5.41, 5.74) is 49.6. The molecule has 11 atom stereocenters. The lowest BCUT2D eigenvalue weighted by molar-refractivity contribution is -0.136. The minimum atomic E-state index is -1.63. The van der Waals surface area contributed by atoms with Gasteiger partial charge in [0, 0.05) is 70.8 Å². The first kappa shape index (κ1) is 102. The fraction of sp³-hybridized carbons (Fsp3) is 0.661. The maximum absolute atomic E-state index is 15.0. The molecule has 0 aliphatic heterocycles. The molecule has 0 fully saturated rings. The van der Waals surface area contributed by atoms with E-state index < -0.39 is 192 Å². The van der Waals surface area contributed by atoms with Gasteiger partial charge in [0.25, 0.3) is 0 Å². The molecule has 644 valence electrons.